The molecule has 0 radical (unpaired) electrons. The summed E-state index contributed by atoms with van der Waals surface area (Å²) < 4.78 is 36.1. The fraction of sp³-hybridized carbons (Fsp3) is 0.462. The average molecular weight is 320 g/mol. The lowest BCUT2D eigenvalue weighted by molar-refractivity contribution is 0.0708. The highest BCUT2D eigenvalue weighted by molar-refractivity contribution is 7.91. The standard InChI is InChI=1S/C13H15ClFNO3S/c1-2-16(10-5-6-20(18,19)8-10)13(17)9-3-4-12(15)11(14)7-9/h3-4,7,10H,2,5-6,8H2,1H3. The van der Waals surface area contributed by atoms with Gasteiger partial charge in [0.1, 0.15) is 5.82 Å². The van der Waals surface area contributed by atoms with Crippen molar-refractivity contribution in [1.82, 2.24) is 4.90 Å². The maximum absolute atomic E-state index is 13.1. The van der Waals surface area contributed by atoms with E-state index in [0.29, 0.717) is 13.0 Å². The van der Waals surface area contributed by atoms with Crippen molar-refractivity contribution in [1.29, 1.82) is 0 Å². The van der Waals surface area contributed by atoms with E-state index in [1.54, 1.807) is 6.92 Å². The summed E-state index contributed by atoms with van der Waals surface area (Å²) >= 11 is 5.67. The van der Waals surface area contributed by atoms with Crippen molar-refractivity contribution < 1.29 is 17.6 Å². The second kappa shape index (κ2) is 5.69. The van der Waals surface area contributed by atoms with Crippen LogP contribution in [0.25, 0.3) is 0 Å². The first-order valence-corrected chi connectivity index (χ1v) is 8.50. The number of carbonyl (C=O) groups excluding carboxylic acids is 1. The molecule has 0 spiro atoms. The minimum atomic E-state index is -3.06. The molecule has 20 heavy (non-hydrogen) atoms. The zero-order valence-corrected chi connectivity index (χ0v) is 12.5. The highest BCUT2D eigenvalue weighted by Gasteiger charge is 2.34. The van der Waals surface area contributed by atoms with E-state index in [-0.39, 0.29) is 34.0 Å². The molecule has 4 nitrogen and oxygen atoms in total. The fourth-order valence-corrected chi connectivity index (χ4v) is 4.30. The average Bonchev–Trinajstić information content (AvgIpc) is 2.74. The number of sulfone groups is 1. The lowest BCUT2D eigenvalue weighted by Crippen LogP contribution is -2.41. The molecule has 1 atom stereocenters. The Bertz CT molecular complexity index is 633. The Morgan fingerprint density at radius 2 is 2.20 bits per heavy atom. The summed E-state index contributed by atoms with van der Waals surface area (Å²) in [6.07, 6.45) is 0.441. The van der Waals surface area contributed by atoms with Crippen LogP contribution in [-0.4, -0.2) is 43.3 Å². The quantitative estimate of drug-likeness (QED) is 0.857. The molecule has 0 saturated carbocycles. The van der Waals surface area contributed by atoms with Crippen LogP contribution >= 0.6 is 11.6 Å². The topological polar surface area (TPSA) is 54.5 Å². The first-order valence-electron chi connectivity index (χ1n) is 6.30. The second-order valence-electron chi connectivity index (χ2n) is 4.78. The molecule has 1 heterocycles. The molecule has 0 bridgehead atoms. The molecule has 110 valence electrons. The van der Waals surface area contributed by atoms with Gasteiger partial charge < -0.3 is 4.90 Å². The third-order valence-electron chi connectivity index (χ3n) is 3.42. The molecular formula is C13H15ClFNO3S. The maximum atomic E-state index is 13.1. The van der Waals surface area contributed by atoms with E-state index >= 15 is 0 Å². The SMILES string of the molecule is CCN(C(=O)c1ccc(F)c(Cl)c1)C1CCS(=O)(=O)C1. The Kier molecular flexibility index (Phi) is 4.34. The minimum absolute atomic E-state index is 0.0124. The van der Waals surface area contributed by atoms with Gasteiger partial charge in [0.25, 0.3) is 5.91 Å². The molecule has 1 aliphatic heterocycles. The molecule has 1 aromatic rings. The number of halogens is 2. The molecule has 2 rings (SSSR count). The Morgan fingerprint density at radius 1 is 1.50 bits per heavy atom. The first kappa shape index (κ1) is 15.3. The molecule has 1 saturated heterocycles. The van der Waals surface area contributed by atoms with Gasteiger partial charge in [0.05, 0.1) is 16.5 Å². The van der Waals surface area contributed by atoms with E-state index in [1.807, 2.05) is 0 Å². The fourth-order valence-electron chi connectivity index (χ4n) is 2.38. The number of amides is 1. The van der Waals surface area contributed by atoms with Crippen LogP contribution in [0.1, 0.15) is 23.7 Å². The van der Waals surface area contributed by atoms with E-state index in [0.717, 1.165) is 6.07 Å². The predicted molar refractivity (Wildman–Crippen MR) is 75.2 cm³/mol. The van der Waals surface area contributed by atoms with Crippen LogP contribution in [0.4, 0.5) is 4.39 Å². The molecule has 0 aliphatic carbocycles. The minimum Gasteiger partial charge on any atom is -0.335 e. The Labute approximate surface area is 122 Å². The van der Waals surface area contributed by atoms with Crippen LogP contribution in [-0.2, 0) is 9.84 Å². The largest absolute Gasteiger partial charge is 0.335 e. The van der Waals surface area contributed by atoms with Gasteiger partial charge in [0.2, 0.25) is 0 Å². The van der Waals surface area contributed by atoms with Gasteiger partial charge in [0.15, 0.2) is 9.84 Å². The van der Waals surface area contributed by atoms with Crippen molar-refractivity contribution in [3.8, 4) is 0 Å². The van der Waals surface area contributed by atoms with Crippen molar-refractivity contribution in [2.45, 2.75) is 19.4 Å². The number of hydrogen-bond donors (Lipinski definition) is 0. The Morgan fingerprint density at radius 3 is 2.70 bits per heavy atom. The van der Waals surface area contributed by atoms with Gasteiger partial charge in [-0.05, 0) is 31.5 Å². The number of carbonyl (C=O) groups is 1. The normalized spacial score (nSPS) is 20.9. The highest BCUT2D eigenvalue weighted by Crippen LogP contribution is 2.22. The molecule has 1 aromatic carbocycles. The lowest BCUT2D eigenvalue weighted by Gasteiger charge is -2.27. The van der Waals surface area contributed by atoms with Crippen LogP contribution in [0.15, 0.2) is 18.2 Å². The summed E-state index contributed by atoms with van der Waals surface area (Å²) in [4.78, 5) is 13.9. The zero-order chi connectivity index (χ0) is 14.9. The molecule has 1 unspecified atom stereocenters. The maximum Gasteiger partial charge on any atom is 0.254 e. The summed E-state index contributed by atoms with van der Waals surface area (Å²) in [5.41, 5.74) is 0.266. The Balaban J connectivity index is 2.23. The summed E-state index contributed by atoms with van der Waals surface area (Å²) in [6.45, 7) is 2.18. The van der Waals surface area contributed by atoms with Crippen molar-refractivity contribution in [2.24, 2.45) is 0 Å². The van der Waals surface area contributed by atoms with Crippen LogP contribution < -0.4 is 0 Å². The van der Waals surface area contributed by atoms with Gasteiger partial charge in [-0.1, -0.05) is 11.6 Å². The first-order chi connectivity index (χ1) is 9.34. The summed E-state index contributed by atoms with van der Waals surface area (Å²) in [6, 6.07) is 3.44. The monoisotopic (exact) mass is 319 g/mol. The van der Waals surface area contributed by atoms with E-state index < -0.39 is 15.7 Å². The molecule has 1 fully saturated rings. The van der Waals surface area contributed by atoms with Crippen LogP contribution in [0.5, 0.6) is 0 Å². The summed E-state index contributed by atoms with van der Waals surface area (Å²) in [5, 5.41) is -0.119. The highest BCUT2D eigenvalue weighted by atomic mass is 35.5. The number of nitrogens with zero attached hydrogens (tertiary/aromatic N) is 1. The Hall–Kier alpha value is -1.14. The van der Waals surface area contributed by atoms with E-state index in [9.17, 15) is 17.6 Å². The molecular weight excluding hydrogens is 305 g/mol. The summed E-state index contributed by atoms with van der Waals surface area (Å²) in [5.74, 6) is -0.821. The number of hydrogen-bond acceptors (Lipinski definition) is 3. The molecule has 0 N–H and O–H groups in total. The van der Waals surface area contributed by atoms with Crippen molar-refractivity contribution in [3.63, 3.8) is 0 Å². The smallest absolute Gasteiger partial charge is 0.254 e. The molecule has 1 amide bonds. The zero-order valence-electron chi connectivity index (χ0n) is 11.0. The number of rotatable bonds is 3. The van der Waals surface area contributed by atoms with E-state index in [4.69, 9.17) is 11.6 Å². The van der Waals surface area contributed by atoms with Crippen LogP contribution in [0.3, 0.4) is 0 Å². The number of benzene rings is 1. The van der Waals surface area contributed by atoms with Crippen LogP contribution in [0.2, 0.25) is 5.02 Å². The lowest BCUT2D eigenvalue weighted by atomic mass is 10.1. The van der Waals surface area contributed by atoms with Gasteiger partial charge >= 0.3 is 0 Å². The molecule has 1 aliphatic rings. The third-order valence-corrected chi connectivity index (χ3v) is 5.46. The summed E-state index contributed by atoms with van der Waals surface area (Å²) in [7, 11) is -3.06. The van der Waals surface area contributed by atoms with Gasteiger partial charge in [-0.2, -0.15) is 0 Å². The van der Waals surface area contributed by atoms with Gasteiger partial charge in [-0.25, -0.2) is 12.8 Å². The van der Waals surface area contributed by atoms with E-state index in [1.165, 1.54) is 17.0 Å². The van der Waals surface area contributed by atoms with Crippen molar-refractivity contribution in [2.75, 3.05) is 18.1 Å². The predicted octanol–water partition coefficient (Wildman–Crippen LogP) is 2.13. The molecule has 0 aromatic heterocycles. The van der Waals surface area contributed by atoms with Gasteiger partial charge in [-0.3, -0.25) is 4.79 Å². The second-order valence-corrected chi connectivity index (χ2v) is 7.41. The van der Waals surface area contributed by atoms with Crippen molar-refractivity contribution >= 4 is 27.3 Å². The van der Waals surface area contributed by atoms with Crippen LogP contribution in [0, 0.1) is 5.82 Å². The van der Waals surface area contributed by atoms with Gasteiger partial charge in [0, 0.05) is 18.2 Å². The van der Waals surface area contributed by atoms with Crippen molar-refractivity contribution in [3.05, 3.63) is 34.6 Å². The third kappa shape index (κ3) is 3.12. The van der Waals surface area contributed by atoms with E-state index in [2.05, 4.69) is 0 Å². The van der Waals surface area contributed by atoms with Gasteiger partial charge in [-0.15, -0.1) is 0 Å². The molecule has 7 heteroatoms.